The van der Waals surface area contributed by atoms with Gasteiger partial charge >= 0.3 is 6.09 Å². The van der Waals surface area contributed by atoms with Gasteiger partial charge in [-0.3, -0.25) is 4.57 Å². The van der Waals surface area contributed by atoms with Crippen LogP contribution in [0.15, 0.2) is 18.3 Å². The number of nitrogens with zero attached hydrogens (tertiary/aromatic N) is 1. The second-order valence-corrected chi connectivity index (χ2v) is 8.18. The highest BCUT2D eigenvalue weighted by molar-refractivity contribution is 5.95. The zero-order valence-corrected chi connectivity index (χ0v) is 15.9. The van der Waals surface area contributed by atoms with Crippen molar-refractivity contribution in [2.75, 3.05) is 6.61 Å². The molecule has 4 heteroatoms. The van der Waals surface area contributed by atoms with Crippen LogP contribution in [0.25, 0.3) is 10.9 Å². The fourth-order valence-corrected chi connectivity index (χ4v) is 4.00. The molecule has 1 aromatic heterocycles. The van der Waals surface area contributed by atoms with Crippen LogP contribution in [0.3, 0.4) is 0 Å². The third-order valence-electron chi connectivity index (χ3n) is 5.20. The molecule has 0 spiro atoms. The normalized spacial score (nSPS) is 20.6. The Balaban J connectivity index is 2.26. The van der Waals surface area contributed by atoms with Gasteiger partial charge in [-0.05, 0) is 68.7 Å². The van der Waals surface area contributed by atoms with Crippen LogP contribution in [0.5, 0.6) is 0 Å². The summed E-state index contributed by atoms with van der Waals surface area (Å²) in [6, 6.07) is 4.27. The quantitative estimate of drug-likeness (QED) is 0.838. The first-order valence-electron chi connectivity index (χ1n) is 9.27. The Morgan fingerprint density at radius 3 is 2.68 bits per heavy atom. The van der Waals surface area contributed by atoms with Crippen LogP contribution in [0.4, 0.5) is 4.79 Å². The van der Waals surface area contributed by atoms with Crippen LogP contribution >= 0.6 is 0 Å². The van der Waals surface area contributed by atoms with Crippen molar-refractivity contribution in [1.29, 1.82) is 0 Å². The van der Waals surface area contributed by atoms with Gasteiger partial charge < -0.3 is 9.84 Å². The van der Waals surface area contributed by atoms with Crippen molar-refractivity contribution in [1.82, 2.24) is 4.57 Å². The second kappa shape index (κ2) is 6.49. The van der Waals surface area contributed by atoms with Gasteiger partial charge in [0.15, 0.2) is 0 Å². The maximum Gasteiger partial charge on any atom is 0.419 e. The molecule has 1 N–H and O–H groups in total. The van der Waals surface area contributed by atoms with Gasteiger partial charge in [0.2, 0.25) is 0 Å². The lowest BCUT2D eigenvalue weighted by atomic mass is 9.76. The number of carbonyl (C=O) groups excluding carboxylic acids is 1. The monoisotopic (exact) mass is 343 g/mol. The SMILES string of the molecule is CCc1cc2c(c3c1ccn3C(=O)OC(C)(C)C)[C@@H](C)CC[C@@H]2CO. The predicted octanol–water partition coefficient (Wildman–Crippen LogP) is 4.96. The van der Waals surface area contributed by atoms with E-state index in [4.69, 9.17) is 4.74 Å². The van der Waals surface area contributed by atoms with Gasteiger partial charge in [-0.25, -0.2) is 4.79 Å². The van der Waals surface area contributed by atoms with Crippen molar-refractivity contribution < 1.29 is 14.6 Å². The Kier molecular flexibility index (Phi) is 4.67. The Hall–Kier alpha value is -1.81. The van der Waals surface area contributed by atoms with E-state index in [-0.39, 0.29) is 18.6 Å². The van der Waals surface area contributed by atoms with Crippen molar-refractivity contribution in [3.63, 3.8) is 0 Å². The van der Waals surface area contributed by atoms with E-state index in [1.165, 1.54) is 16.7 Å². The molecule has 1 heterocycles. The van der Waals surface area contributed by atoms with E-state index in [1.807, 2.05) is 33.0 Å². The van der Waals surface area contributed by atoms with E-state index in [0.717, 1.165) is 30.2 Å². The molecule has 25 heavy (non-hydrogen) atoms. The molecule has 2 aromatic rings. The number of fused-ring (bicyclic) bond motifs is 3. The highest BCUT2D eigenvalue weighted by Crippen LogP contribution is 2.43. The third kappa shape index (κ3) is 3.20. The number of aliphatic hydroxyl groups is 1. The largest absolute Gasteiger partial charge is 0.443 e. The number of hydrogen-bond donors (Lipinski definition) is 1. The molecule has 2 atom stereocenters. The molecule has 3 rings (SSSR count). The summed E-state index contributed by atoms with van der Waals surface area (Å²) < 4.78 is 7.28. The number of carbonyl (C=O) groups is 1. The number of benzene rings is 1. The Morgan fingerprint density at radius 2 is 2.08 bits per heavy atom. The van der Waals surface area contributed by atoms with E-state index in [2.05, 4.69) is 19.9 Å². The molecule has 0 unspecified atom stereocenters. The first kappa shape index (κ1) is 18.0. The van der Waals surface area contributed by atoms with Crippen molar-refractivity contribution in [2.24, 2.45) is 0 Å². The summed E-state index contributed by atoms with van der Waals surface area (Å²) in [5.74, 6) is 0.519. The summed E-state index contributed by atoms with van der Waals surface area (Å²) in [6.45, 7) is 10.1. The van der Waals surface area contributed by atoms with Crippen LogP contribution in [0.2, 0.25) is 0 Å². The van der Waals surface area contributed by atoms with E-state index in [0.29, 0.717) is 5.92 Å². The lowest BCUT2D eigenvalue weighted by molar-refractivity contribution is 0.0544. The minimum absolute atomic E-state index is 0.154. The molecule has 0 fully saturated rings. The van der Waals surface area contributed by atoms with Gasteiger partial charge in [-0.15, -0.1) is 0 Å². The van der Waals surface area contributed by atoms with Gasteiger partial charge in [0.05, 0.1) is 5.52 Å². The van der Waals surface area contributed by atoms with Crippen LogP contribution in [0.1, 0.15) is 76.0 Å². The number of aryl methyl sites for hydroxylation is 1. The Morgan fingerprint density at radius 1 is 1.36 bits per heavy atom. The van der Waals surface area contributed by atoms with Crippen molar-refractivity contribution in [2.45, 2.75) is 71.3 Å². The molecule has 136 valence electrons. The standard InChI is InChI=1S/C21H29NO3/c1-6-14-11-17-15(12-23)8-7-13(2)18(17)19-16(14)9-10-22(19)20(24)25-21(3,4)5/h9-11,13,15,23H,6-8,12H2,1-5H3/t13-,15+/m0/s1. The number of rotatable bonds is 2. The maximum absolute atomic E-state index is 12.8. The number of aliphatic hydroxyl groups excluding tert-OH is 1. The second-order valence-electron chi connectivity index (χ2n) is 8.18. The molecule has 1 aliphatic rings. The minimum Gasteiger partial charge on any atom is -0.443 e. The molecule has 1 aliphatic carbocycles. The van der Waals surface area contributed by atoms with E-state index in [1.54, 1.807) is 4.57 Å². The average molecular weight is 343 g/mol. The summed E-state index contributed by atoms with van der Waals surface area (Å²) in [6.07, 6.45) is 4.41. The highest BCUT2D eigenvalue weighted by Gasteiger charge is 2.30. The van der Waals surface area contributed by atoms with E-state index in [9.17, 15) is 9.90 Å². The summed E-state index contributed by atoms with van der Waals surface area (Å²) in [4.78, 5) is 12.8. The Bertz CT molecular complexity index is 798. The van der Waals surface area contributed by atoms with E-state index < -0.39 is 5.60 Å². The molecular formula is C21H29NO3. The van der Waals surface area contributed by atoms with Gasteiger partial charge in [0.1, 0.15) is 5.60 Å². The van der Waals surface area contributed by atoms with Crippen LogP contribution in [0, 0.1) is 0 Å². The maximum atomic E-state index is 12.8. The first-order valence-corrected chi connectivity index (χ1v) is 9.27. The minimum atomic E-state index is -0.532. The topological polar surface area (TPSA) is 51.5 Å². The summed E-state index contributed by atoms with van der Waals surface area (Å²) >= 11 is 0. The predicted molar refractivity (Wildman–Crippen MR) is 100 cm³/mol. The van der Waals surface area contributed by atoms with Crippen LogP contribution < -0.4 is 0 Å². The average Bonchev–Trinajstić information content (AvgIpc) is 2.97. The van der Waals surface area contributed by atoms with Gasteiger partial charge in [0.25, 0.3) is 0 Å². The fourth-order valence-electron chi connectivity index (χ4n) is 4.00. The van der Waals surface area contributed by atoms with Crippen LogP contribution in [-0.4, -0.2) is 28.0 Å². The molecule has 0 saturated carbocycles. The lowest BCUT2D eigenvalue weighted by Crippen LogP contribution is -2.27. The van der Waals surface area contributed by atoms with Gasteiger partial charge in [-0.2, -0.15) is 0 Å². The van der Waals surface area contributed by atoms with Gasteiger partial charge in [0, 0.05) is 24.1 Å². The van der Waals surface area contributed by atoms with Crippen molar-refractivity contribution in [3.05, 3.63) is 35.0 Å². The molecule has 0 amide bonds. The van der Waals surface area contributed by atoms with Crippen molar-refractivity contribution in [3.8, 4) is 0 Å². The number of hydrogen-bond acceptors (Lipinski definition) is 3. The third-order valence-corrected chi connectivity index (χ3v) is 5.20. The smallest absolute Gasteiger partial charge is 0.419 e. The zero-order chi connectivity index (χ0) is 18.4. The molecule has 1 aromatic carbocycles. The van der Waals surface area contributed by atoms with E-state index >= 15 is 0 Å². The molecule has 0 aliphatic heterocycles. The molecular weight excluding hydrogens is 314 g/mol. The van der Waals surface area contributed by atoms with Crippen molar-refractivity contribution >= 4 is 17.0 Å². The number of aromatic nitrogens is 1. The summed E-state index contributed by atoms with van der Waals surface area (Å²) in [5.41, 5.74) is 4.07. The fraction of sp³-hybridized carbons (Fsp3) is 0.571. The highest BCUT2D eigenvalue weighted by atomic mass is 16.6. The molecule has 0 saturated heterocycles. The Labute approximate surface area is 149 Å². The summed E-state index contributed by atoms with van der Waals surface area (Å²) in [5, 5.41) is 11.0. The molecule has 4 nitrogen and oxygen atoms in total. The summed E-state index contributed by atoms with van der Waals surface area (Å²) in [7, 11) is 0. The van der Waals surface area contributed by atoms with Crippen LogP contribution in [-0.2, 0) is 11.2 Å². The molecule has 0 radical (unpaired) electrons. The molecule has 0 bridgehead atoms. The zero-order valence-electron chi connectivity index (χ0n) is 15.9. The first-order chi connectivity index (χ1) is 11.8. The van der Waals surface area contributed by atoms with Gasteiger partial charge in [-0.1, -0.05) is 19.9 Å². The lowest BCUT2D eigenvalue weighted by Gasteiger charge is -2.31. The number of ether oxygens (including phenoxy) is 1.